The molecule has 0 bridgehead atoms. The van der Waals surface area contributed by atoms with Gasteiger partial charge in [-0.1, -0.05) is 6.07 Å². The Bertz CT molecular complexity index is 1130. The van der Waals surface area contributed by atoms with Crippen molar-refractivity contribution in [2.45, 2.75) is 18.9 Å². The highest BCUT2D eigenvalue weighted by Crippen LogP contribution is 2.25. The summed E-state index contributed by atoms with van der Waals surface area (Å²) >= 11 is 0. The van der Waals surface area contributed by atoms with E-state index in [1.54, 1.807) is 11.2 Å². The predicted octanol–water partition coefficient (Wildman–Crippen LogP) is 1.68. The van der Waals surface area contributed by atoms with E-state index in [2.05, 4.69) is 35.8 Å². The first-order valence-electron chi connectivity index (χ1n) is 10.9. The molecule has 10 nitrogen and oxygen atoms in total. The minimum Gasteiger partial charge on any atom is -0.376 e. The molecule has 2 aliphatic heterocycles. The lowest BCUT2D eigenvalue weighted by Crippen LogP contribution is -2.49. The molecule has 10 heteroatoms. The van der Waals surface area contributed by atoms with Gasteiger partial charge in [-0.05, 0) is 37.1 Å². The van der Waals surface area contributed by atoms with Crippen molar-refractivity contribution in [1.29, 1.82) is 0 Å². The zero-order valence-electron chi connectivity index (χ0n) is 17.7. The second-order valence-electron chi connectivity index (χ2n) is 8.08. The maximum Gasteiger partial charge on any atom is 0.321 e. The first-order chi connectivity index (χ1) is 15.7. The van der Waals surface area contributed by atoms with Gasteiger partial charge < -0.3 is 25.8 Å². The molecular weight excluding hydrogens is 408 g/mol. The van der Waals surface area contributed by atoms with E-state index in [1.807, 2.05) is 36.5 Å². The molecule has 0 radical (unpaired) electrons. The van der Waals surface area contributed by atoms with Crippen LogP contribution in [0, 0.1) is 0 Å². The zero-order chi connectivity index (χ0) is 21.9. The number of carbonyl (C=O) groups excluding carboxylic acids is 2. The molecule has 5 rings (SSSR count). The third-order valence-electron chi connectivity index (χ3n) is 5.89. The van der Waals surface area contributed by atoms with Crippen LogP contribution in [-0.2, 0) is 4.79 Å². The number of rotatable bonds is 6. The van der Waals surface area contributed by atoms with Crippen molar-refractivity contribution in [3.05, 3.63) is 42.9 Å². The third-order valence-corrected chi connectivity index (χ3v) is 5.89. The van der Waals surface area contributed by atoms with Crippen LogP contribution in [-0.4, -0.2) is 65.7 Å². The lowest BCUT2D eigenvalue weighted by Gasteiger charge is -2.34. The largest absolute Gasteiger partial charge is 0.376 e. The van der Waals surface area contributed by atoms with Crippen LogP contribution < -0.4 is 25.8 Å². The lowest BCUT2D eigenvalue weighted by molar-refractivity contribution is -0.120. The Hall–Kier alpha value is -3.82. The van der Waals surface area contributed by atoms with Gasteiger partial charge in [0.15, 0.2) is 0 Å². The minimum atomic E-state index is -0.0950. The zero-order valence-corrected chi connectivity index (χ0v) is 17.7. The molecule has 0 saturated carbocycles. The second kappa shape index (κ2) is 8.74. The Morgan fingerprint density at radius 3 is 3.03 bits per heavy atom. The minimum absolute atomic E-state index is 0.0571. The van der Waals surface area contributed by atoms with Crippen molar-refractivity contribution in [2.75, 3.05) is 47.8 Å². The van der Waals surface area contributed by atoms with Gasteiger partial charge in [0.05, 0.1) is 11.9 Å². The number of amides is 3. The Morgan fingerprint density at radius 1 is 1.22 bits per heavy atom. The van der Waals surface area contributed by atoms with E-state index in [4.69, 9.17) is 0 Å². The fourth-order valence-electron chi connectivity index (χ4n) is 4.36. The molecule has 4 heterocycles. The van der Waals surface area contributed by atoms with Gasteiger partial charge in [0.25, 0.3) is 0 Å². The van der Waals surface area contributed by atoms with Crippen LogP contribution in [0.15, 0.2) is 42.9 Å². The number of piperidine rings is 1. The average Bonchev–Trinajstić information content (AvgIpc) is 3.47. The summed E-state index contributed by atoms with van der Waals surface area (Å²) in [6.45, 7) is 3.06. The van der Waals surface area contributed by atoms with E-state index in [0.717, 1.165) is 47.6 Å². The predicted molar refractivity (Wildman–Crippen MR) is 123 cm³/mol. The van der Waals surface area contributed by atoms with E-state index in [-0.39, 0.29) is 24.5 Å². The Morgan fingerprint density at radius 2 is 2.16 bits per heavy atom. The number of H-pyrrole nitrogens is 1. The summed E-state index contributed by atoms with van der Waals surface area (Å²) in [6.07, 6.45) is 5.35. The Kier molecular flexibility index (Phi) is 5.49. The van der Waals surface area contributed by atoms with Crippen LogP contribution in [0.5, 0.6) is 0 Å². The molecule has 4 N–H and O–H groups in total. The summed E-state index contributed by atoms with van der Waals surface area (Å²) < 4.78 is 0. The summed E-state index contributed by atoms with van der Waals surface area (Å²) in [5, 5.41) is 10.1. The molecule has 1 unspecified atom stereocenters. The number of nitrogens with zero attached hydrogens (tertiary/aromatic N) is 4. The highest BCUT2D eigenvalue weighted by molar-refractivity contribution is 5.94. The van der Waals surface area contributed by atoms with Crippen molar-refractivity contribution in [3.63, 3.8) is 0 Å². The van der Waals surface area contributed by atoms with Gasteiger partial charge in [-0.15, -0.1) is 0 Å². The fourth-order valence-corrected chi connectivity index (χ4v) is 4.36. The van der Waals surface area contributed by atoms with Gasteiger partial charge in [0, 0.05) is 49.8 Å². The molecule has 0 spiro atoms. The maximum atomic E-state index is 12.6. The van der Waals surface area contributed by atoms with E-state index in [1.165, 1.54) is 0 Å². The number of nitrogens with one attached hydrogen (secondary N) is 4. The first kappa shape index (κ1) is 20.1. The van der Waals surface area contributed by atoms with E-state index >= 15 is 0 Å². The molecule has 32 heavy (non-hydrogen) atoms. The van der Waals surface area contributed by atoms with Gasteiger partial charge in [0.1, 0.15) is 17.8 Å². The van der Waals surface area contributed by atoms with Crippen molar-refractivity contribution < 1.29 is 9.59 Å². The highest BCUT2D eigenvalue weighted by Gasteiger charge is 2.24. The number of hydrogen-bond acceptors (Lipinski definition) is 6. The number of fused-ring (bicyclic) bond motifs is 1. The molecule has 3 amide bonds. The number of aromatic amines is 1. The smallest absolute Gasteiger partial charge is 0.321 e. The standard InChI is InChI=1S/C22H26N8O2/c31-19(12-25-15-3-1-5-17(11-15)30-10-8-24-22(30)32)28-16-4-2-9-29(13-16)21-18-6-7-23-20(18)26-14-27-21/h1,3,5-7,11,14,16,25H,2,4,8-10,12-13H2,(H,24,32)(H,28,31)(H,23,26,27). The van der Waals surface area contributed by atoms with Crippen LogP contribution in [0.25, 0.3) is 11.0 Å². The summed E-state index contributed by atoms with van der Waals surface area (Å²) in [7, 11) is 0. The highest BCUT2D eigenvalue weighted by atomic mass is 16.2. The Labute approximate surface area is 185 Å². The lowest BCUT2D eigenvalue weighted by atomic mass is 10.1. The monoisotopic (exact) mass is 434 g/mol. The summed E-state index contributed by atoms with van der Waals surface area (Å²) in [6, 6.07) is 9.49. The first-order valence-corrected chi connectivity index (χ1v) is 10.9. The molecule has 2 aliphatic rings. The normalized spacial score (nSPS) is 18.6. The van der Waals surface area contributed by atoms with Crippen molar-refractivity contribution in [2.24, 2.45) is 0 Å². The number of aromatic nitrogens is 3. The molecular formula is C22H26N8O2. The average molecular weight is 435 g/mol. The molecule has 166 valence electrons. The van der Waals surface area contributed by atoms with Gasteiger partial charge in [-0.3, -0.25) is 9.69 Å². The van der Waals surface area contributed by atoms with Gasteiger partial charge in [-0.25, -0.2) is 14.8 Å². The molecule has 2 aromatic heterocycles. The van der Waals surface area contributed by atoms with Gasteiger partial charge >= 0.3 is 6.03 Å². The third kappa shape index (κ3) is 4.16. The number of benzene rings is 1. The molecule has 1 aromatic carbocycles. The number of hydrogen-bond donors (Lipinski definition) is 4. The number of urea groups is 1. The number of carbonyl (C=O) groups is 2. The quantitative estimate of drug-likeness (QED) is 0.469. The molecule has 3 aromatic rings. The second-order valence-corrected chi connectivity index (χ2v) is 8.08. The van der Waals surface area contributed by atoms with Crippen molar-refractivity contribution >= 4 is 40.2 Å². The van der Waals surface area contributed by atoms with E-state index < -0.39 is 0 Å². The van der Waals surface area contributed by atoms with E-state index in [0.29, 0.717) is 19.6 Å². The SMILES string of the molecule is O=C(CNc1cccc(N2CCNC2=O)c1)NC1CCCN(c2ncnc3[nH]ccc23)C1. The van der Waals surface area contributed by atoms with Crippen LogP contribution in [0.2, 0.25) is 0 Å². The molecule has 1 atom stereocenters. The summed E-state index contributed by atoms with van der Waals surface area (Å²) in [5.41, 5.74) is 2.44. The Balaban J connectivity index is 1.17. The fraction of sp³-hybridized carbons (Fsp3) is 0.364. The summed E-state index contributed by atoms with van der Waals surface area (Å²) in [4.78, 5) is 40.2. The summed E-state index contributed by atoms with van der Waals surface area (Å²) in [5.74, 6) is 0.840. The molecule has 0 aliphatic carbocycles. The van der Waals surface area contributed by atoms with E-state index in [9.17, 15) is 9.59 Å². The van der Waals surface area contributed by atoms with Crippen LogP contribution >= 0.6 is 0 Å². The number of anilines is 3. The van der Waals surface area contributed by atoms with Crippen LogP contribution in [0.4, 0.5) is 22.0 Å². The molecule has 2 saturated heterocycles. The van der Waals surface area contributed by atoms with Crippen molar-refractivity contribution in [3.8, 4) is 0 Å². The van der Waals surface area contributed by atoms with Gasteiger partial charge in [0.2, 0.25) is 5.91 Å². The van der Waals surface area contributed by atoms with Crippen LogP contribution in [0.1, 0.15) is 12.8 Å². The topological polar surface area (TPSA) is 118 Å². The van der Waals surface area contributed by atoms with Crippen LogP contribution in [0.3, 0.4) is 0 Å². The maximum absolute atomic E-state index is 12.6. The van der Waals surface area contributed by atoms with Crippen molar-refractivity contribution in [1.82, 2.24) is 25.6 Å². The van der Waals surface area contributed by atoms with Gasteiger partial charge in [-0.2, -0.15) is 0 Å². The molecule has 2 fully saturated rings.